The molecule has 0 bridgehead atoms. The fraction of sp³-hybridized carbons (Fsp3) is 0.316. The van der Waals surface area contributed by atoms with E-state index in [0.29, 0.717) is 41.6 Å². The molecule has 0 saturated heterocycles. The summed E-state index contributed by atoms with van der Waals surface area (Å²) >= 11 is 0. The number of ether oxygens (including phenoxy) is 3. The Morgan fingerprint density at radius 3 is 2.37 bits per heavy atom. The van der Waals surface area contributed by atoms with E-state index in [0.717, 1.165) is 6.07 Å². The number of fused-ring (bicyclic) bond motifs is 1. The zero-order valence-electron chi connectivity index (χ0n) is 15.9. The van der Waals surface area contributed by atoms with Gasteiger partial charge in [0.05, 0.1) is 0 Å². The lowest BCUT2D eigenvalue weighted by atomic mass is 10.1. The van der Waals surface area contributed by atoms with Crippen LogP contribution in [0.5, 0.6) is 17.2 Å². The van der Waals surface area contributed by atoms with Crippen molar-refractivity contribution in [2.75, 3.05) is 20.4 Å². The van der Waals surface area contributed by atoms with Gasteiger partial charge in [0.1, 0.15) is 17.4 Å². The molecule has 0 atom stereocenters. The van der Waals surface area contributed by atoms with Crippen LogP contribution in [0.2, 0.25) is 0 Å². The maximum absolute atomic E-state index is 13.2. The molecule has 1 aliphatic heterocycles. The monoisotopic (exact) mass is 541 g/mol. The predicted octanol–water partition coefficient (Wildman–Crippen LogP) is 3.82. The van der Waals surface area contributed by atoms with Crippen LogP contribution in [0, 0.1) is 11.6 Å². The second kappa shape index (κ2) is 11.1. The van der Waals surface area contributed by atoms with Gasteiger partial charge in [-0.15, -0.1) is 24.0 Å². The number of alkyl halides is 2. The molecule has 2 N–H and O–H groups in total. The van der Waals surface area contributed by atoms with Gasteiger partial charge in [0.2, 0.25) is 6.79 Å². The van der Waals surface area contributed by atoms with E-state index in [1.807, 2.05) is 0 Å². The van der Waals surface area contributed by atoms with E-state index < -0.39 is 18.2 Å². The fourth-order valence-corrected chi connectivity index (χ4v) is 2.79. The van der Waals surface area contributed by atoms with Gasteiger partial charge in [0, 0.05) is 37.8 Å². The van der Waals surface area contributed by atoms with Crippen LogP contribution < -0.4 is 24.8 Å². The number of nitrogens with zero attached hydrogens (tertiary/aromatic N) is 1. The van der Waals surface area contributed by atoms with Crippen LogP contribution >= 0.6 is 24.0 Å². The van der Waals surface area contributed by atoms with Crippen LogP contribution in [0.15, 0.2) is 35.3 Å². The predicted molar refractivity (Wildman–Crippen MR) is 113 cm³/mol. The third-order valence-corrected chi connectivity index (χ3v) is 4.07. The minimum Gasteiger partial charge on any atom is -0.454 e. The summed E-state index contributed by atoms with van der Waals surface area (Å²) in [6, 6.07) is 6.21. The molecule has 0 aliphatic carbocycles. The average molecular weight is 541 g/mol. The molecule has 30 heavy (non-hydrogen) atoms. The molecule has 1 heterocycles. The van der Waals surface area contributed by atoms with E-state index in [4.69, 9.17) is 9.47 Å². The molecule has 3 rings (SSSR count). The van der Waals surface area contributed by atoms with Gasteiger partial charge in [-0.05, 0) is 30.2 Å². The molecule has 164 valence electrons. The molecule has 1 aliphatic rings. The van der Waals surface area contributed by atoms with Crippen molar-refractivity contribution in [2.45, 2.75) is 19.6 Å². The van der Waals surface area contributed by atoms with E-state index in [1.54, 1.807) is 6.07 Å². The minimum absolute atomic E-state index is 0. The summed E-state index contributed by atoms with van der Waals surface area (Å²) < 4.78 is 66.9. The van der Waals surface area contributed by atoms with E-state index >= 15 is 0 Å². The topological polar surface area (TPSA) is 64.1 Å². The van der Waals surface area contributed by atoms with Crippen molar-refractivity contribution in [3.05, 3.63) is 53.1 Å². The molecular weight excluding hydrogens is 521 g/mol. The lowest BCUT2D eigenvalue weighted by Crippen LogP contribution is -2.38. The van der Waals surface area contributed by atoms with Gasteiger partial charge in [-0.3, -0.25) is 4.99 Å². The van der Waals surface area contributed by atoms with Crippen molar-refractivity contribution < 1.29 is 31.8 Å². The van der Waals surface area contributed by atoms with Gasteiger partial charge in [0.25, 0.3) is 0 Å². The Hall–Kier alpha value is -2.44. The van der Waals surface area contributed by atoms with Gasteiger partial charge < -0.3 is 24.8 Å². The van der Waals surface area contributed by atoms with Crippen molar-refractivity contribution in [1.82, 2.24) is 10.6 Å². The summed E-state index contributed by atoms with van der Waals surface area (Å²) in [5.74, 6) is -0.188. The summed E-state index contributed by atoms with van der Waals surface area (Å²) in [7, 11) is 1.54. The van der Waals surface area contributed by atoms with Gasteiger partial charge in [-0.2, -0.15) is 8.78 Å². The summed E-state index contributed by atoms with van der Waals surface area (Å²) in [6.07, 6.45) is 0.360. The number of hydrogen-bond donors (Lipinski definition) is 2. The molecule has 0 spiro atoms. The Balaban J connectivity index is 0.00000320. The van der Waals surface area contributed by atoms with Gasteiger partial charge in [-0.1, -0.05) is 0 Å². The molecule has 0 aromatic heterocycles. The lowest BCUT2D eigenvalue weighted by molar-refractivity contribution is -0.0505. The van der Waals surface area contributed by atoms with E-state index in [1.165, 1.54) is 25.2 Å². The Bertz CT molecular complexity index is 879. The quantitative estimate of drug-likeness (QED) is 0.242. The largest absolute Gasteiger partial charge is 0.454 e. The average Bonchev–Trinajstić information content (AvgIpc) is 3.10. The van der Waals surface area contributed by atoms with Crippen LogP contribution in [0.1, 0.15) is 11.1 Å². The first-order valence-corrected chi connectivity index (χ1v) is 8.71. The Morgan fingerprint density at radius 1 is 1.07 bits per heavy atom. The zero-order valence-corrected chi connectivity index (χ0v) is 18.2. The summed E-state index contributed by atoms with van der Waals surface area (Å²) in [5, 5.41) is 5.96. The number of aliphatic imine (C=N–C) groups is 1. The van der Waals surface area contributed by atoms with Gasteiger partial charge in [-0.25, -0.2) is 8.78 Å². The lowest BCUT2D eigenvalue weighted by Gasteiger charge is -2.15. The van der Waals surface area contributed by atoms with Gasteiger partial charge >= 0.3 is 6.61 Å². The maximum Gasteiger partial charge on any atom is 0.387 e. The van der Waals surface area contributed by atoms with Crippen LogP contribution in [0.25, 0.3) is 0 Å². The van der Waals surface area contributed by atoms with Crippen LogP contribution in [-0.2, 0) is 13.0 Å². The number of benzene rings is 2. The van der Waals surface area contributed by atoms with Crippen LogP contribution in [0.3, 0.4) is 0 Å². The first kappa shape index (κ1) is 23.8. The number of hydrogen-bond acceptors (Lipinski definition) is 4. The highest BCUT2D eigenvalue weighted by molar-refractivity contribution is 14.0. The Labute approximate surface area is 187 Å². The van der Waals surface area contributed by atoms with Crippen molar-refractivity contribution in [3.63, 3.8) is 0 Å². The molecule has 11 heteroatoms. The second-order valence-corrected chi connectivity index (χ2v) is 6.07. The van der Waals surface area contributed by atoms with Crippen molar-refractivity contribution in [1.29, 1.82) is 0 Å². The molecule has 0 radical (unpaired) electrons. The maximum atomic E-state index is 13.2. The molecule has 0 fully saturated rings. The zero-order chi connectivity index (χ0) is 20.8. The van der Waals surface area contributed by atoms with E-state index in [2.05, 4.69) is 20.4 Å². The first-order valence-electron chi connectivity index (χ1n) is 8.71. The van der Waals surface area contributed by atoms with Crippen molar-refractivity contribution in [2.24, 2.45) is 4.99 Å². The van der Waals surface area contributed by atoms with Crippen molar-refractivity contribution >= 4 is 29.9 Å². The Kier molecular flexibility index (Phi) is 8.81. The molecule has 2 aromatic carbocycles. The molecule has 0 amide bonds. The molecule has 6 nitrogen and oxygen atoms in total. The highest BCUT2D eigenvalue weighted by atomic mass is 127. The minimum atomic E-state index is -2.99. The molecule has 2 aromatic rings. The summed E-state index contributed by atoms with van der Waals surface area (Å²) in [6.45, 7) is -2.51. The number of halogens is 5. The molecule has 0 unspecified atom stereocenters. The summed E-state index contributed by atoms with van der Waals surface area (Å²) in [4.78, 5) is 4.03. The van der Waals surface area contributed by atoms with Gasteiger partial charge in [0.15, 0.2) is 17.5 Å². The van der Waals surface area contributed by atoms with Crippen LogP contribution in [0.4, 0.5) is 17.6 Å². The molecule has 0 saturated carbocycles. The SMILES string of the molecule is CN=C(NCCc1cc(F)cc(F)c1)NCc1cc2c(cc1OC(F)F)OCO2.I. The molecular formula is C19H20F4IN3O3. The second-order valence-electron chi connectivity index (χ2n) is 6.07. The third kappa shape index (κ3) is 6.54. The van der Waals surface area contributed by atoms with Crippen LogP contribution in [-0.4, -0.2) is 33.0 Å². The fourth-order valence-electron chi connectivity index (χ4n) is 2.79. The number of nitrogens with one attached hydrogen (secondary N) is 2. The highest BCUT2D eigenvalue weighted by Crippen LogP contribution is 2.38. The number of guanidine groups is 1. The van der Waals surface area contributed by atoms with E-state index in [9.17, 15) is 17.6 Å². The first-order chi connectivity index (χ1) is 13.9. The number of rotatable bonds is 7. The van der Waals surface area contributed by atoms with Crippen molar-refractivity contribution in [3.8, 4) is 17.2 Å². The normalized spacial score (nSPS) is 12.5. The standard InChI is InChI=1S/C19H19F4N3O3.HI/c1-24-19(25-3-2-11-4-13(20)7-14(21)5-11)26-9-12-6-16-17(28-10-27-16)8-15(12)29-18(22)23;/h4-8,18H,2-3,9-10H2,1H3,(H2,24,25,26);1H. The highest BCUT2D eigenvalue weighted by Gasteiger charge is 2.20. The van der Waals surface area contributed by atoms with E-state index in [-0.39, 0.29) is 43.1 Å². The Morgan fingerprint density at radius 2 is 1.73 bits per heavy atom. The smallest absolute Gasteiger partial charge is 0.387 e. The third-order valence-electron chi connectivity index (χ3n) is 4.07. The summed E-state index contributed by atoms with van der Waals surface area (Å²) in [5.41, 5.74) is 0.915.